The Balaban J connectivity index is 1.73. The summed E-state index contributed by atoms with van der Waals surface area (Å²) in [5.74, 6) is 1.46. The van der Waals surface area contributed by atoms with E-state index in [0.29, 0.717) is 31.2 Å². The Morgan fingerprint density at radius 2 is 1.76 bits per heavy atom. The maximum atomic E-state index is 12.7. The molecule has 3 rings (SSSR count). The number of carbonyl (C=O) groups is 1. The standard InChI is InChI=1S/C24H27NO3S/c1-18(2)24(26)25(16-21-10-7-13-29-21)15-20-11-12-22(23(14-20)27-3)28-17-19-8-5-4-6-9-19/h4-14,18H,15-17H2,1-3H3. The molecule has 0 aliphatic rings. The minimum atomic E-state index is -0.0506. The first-order chi connectivity index (χ1) is 14.1. The molecule has 1 aromatic heterocycles. The Labute approximate surface area is 176 Å². The highest BCUT2D eigenvalue weighted by Crippen LogP contribution is 2.30. The molecule has 0 N–H and O–H groups in total. The third kappa shape index (κ3) is 5.84. The Morgan fingerprint density at radius 1 is 0.966 bits per heavy atom. The SMILES string of the molecule is COc1cc(CN(Cc2cccs2)C(=O)C(C)C)ccc1OCc1ccccc1. The molecule has 5 heteroatoms. The maximum absolute atomic E-state index is 12.7. The molecule has 0 aliphatic heterocycles. The van der Waals surface area contributed by atoms with Gasteiger partial charge in [0.15, 0.2) is 11.5 Å². The molecule has 2 aromatic carbocycles. The summed E-state index contributed by atoms with van der Waals surface area (Å²) in [6.07, 6.45) is 0. The normalized spacial score (nSPS) is 10.8. The molecule has 1 amide bonds. The second-order valence-corrected chi connectivity index (χ2v) is 8.22. The lowest BCUT2D eigenvalue weighted by Crippen LogP contribution is -2.33. The van der Waals surface area contributed by atoms with Crippen LogP contribution in [-0.4, -0.2) is 17.9 Å². The first kappa shape index (κ1) is 20.9. The first-order valence-electron chi connectivity index (χ1n) is 9.71. The van der Waals surface area contributed by atoms with Crippen molar-refractivity contribution >= 4 is 17.2 Å². The number of ether oxygens (including phenoxy) is 2. The van der Waals surface area contributed by atoms with E-state index in [9.17, 15) is 4.79 Å². The van der Waals surface area contributed by atoms with E-state index in [0.717, 1.165) is 11.1 Å². The predicted octanol–water partition coefficient (Wildman–Crippen LogP) is 5.52. The number of methoxy groups -OCH3 is 1. The number of hydrogen-bond donors (Lipinski definition) is 0. The van der Waals surface area contributed by atoms with Crippen LogP contribution in [0.15, 0.2) is 66.0 Å². The molecule has 0 atom stereocenters. The van der Waals surface area contributed by atoms with Crippen LogP contribution >= 0.6 is 11.3 Å². The van der Waals surface area contributed by atoms with Crippen LogP contribution in [0.4, 0.5) is 0 Å². The second kappa shape index (κ2) is 10.1. The third-order valence-electron chi connectivity index (χ3n) is 4.57. The van der Waals surface area contributed by atoms with E-state index in [4.69, 9.17) is 9.47 Å². The Morgan fingerprint density at radius 3 is 2.41 bits per heavy atom. The van der Waals surface area contributed by atoms with E-state index >= 15 is 0 Å². The fourth-order valence-electron chi connectivity index (χ4n) is 3.05. The van der Waals surface area contributed by atoms with Gasteiger partial charge in [-0.3, -0.25) is 4.79 Å². The largest absolute Gasteiger partial charge is 0.493 e. The summed E-state index contributed by atoms with van der Waals surface area (Å²) in [5.41, 5.74) is 2.11. The van der Waals surface area contributed by atoms with Crippen LogP contribution < -0.4 is 9.47 Å². The molecular weight excluding hydrogens is 382 g/mol. The molecular formula is C24H27NO3S. The Bertz CT molecular complexity index is 907. The van der Waals surface area contributed by atoms with Crippen LogP contribution in [0.5, 0.6) is 11.5 Å². The third-order valence-corrected chi connectivity index (χ3v) is 5.43. The summed E-state index contributed by atoms with van der Waals surface area (Å²) in [6.45, 7) is 5.50. The molecule has 0 bridgehead atoms. The zero-order chi connectivity index (χ0) is 20.6. The maximum Gasteiger partial charge on any atom is 0.225 e. The molecule has 0 radical (unpaired) electrons. The van der Waals surface area contributed by atoms with E-state index in [1.807, 2.05) is 78.7 Å². The van der Waals surface area contributed by atoms with Gasteiger partial charge >= 0.3 is 0 Å². The lowest BCUT2D eigenvalue weighted by Gasteiger charge is -2.24. The highest BCUT2D eigenvalue weighted by atomic mass is 32.1. The monoisotopic (exact) mass is 409 g/mol. The Kier molecular flexibility index (Phi) is 7.30. The average molecular weight is 410 g/mol. The van der Waals surface area contributed by atoms with Crippen molar-refractivity contribution in [3.8, 4) is 11.5 Å². The molecule has 152 valence electrons. The lowest BCUT2D eigenvalue weighted by atomic mass is 10.1. The van der Waals surface area contributed by atoms with Crippen LogP contribution in [0.3, 0.4) is 0 Å². The van der Waals surface area contributed by atoms with Gasteiger partial charge in [-0.1, -0.05) is 56.3 Å². The number of nitrogens with zero attached hydrogens (tertiary/aromatic N) is 1. The van der Waals surface area contributed by atoms with Crippen LogP contribution in [0.25, 0.3) is 0 Å². The fourth-order valence-corrected chi connectivity index (χ4v) is 3.77. The van der Waals surface area contributed by atoms with Gasteiger partial charge in [-0.05, 0) is 34.7 Å². The molecule has 0 unspecified atom stereocenters. The first-order valence-corrected chi connectivity index (χ1v) is 10.6. The van der Waals surface area contributed by atoms with E-state index in [1.54, 1.807) is 18.4 Å². The molecule has 3 aromatic rings. The van der Waals surface area contributed by atoms with E-state index in [2.05, 4.69) is 6.07 Å². The highest BCUT2D eigenvalue weighted by Gasteiger charge is 2.19. The van der Waals surface area contributed by atoms with Gasteiger partial charge in [0.1, 0.15) is 6.61 Å². The molecule has 4 nitrogen and oxygen atoms in total. The molecule has 0 saturated carbocycles. The topological polar surface area (TPSA) is 38.8 Å². The highest BCUT2D eigenvalue weighted by molar-refractivity contribution is 7.09. The fraction of sp³-hybridized carbons (Fsp3) is 0.292. The molecule has 29 heavy (non-hydrogen) atoms. The zero-order valence-electron chi connectivity index (χ0n) is 17.1. The van der Waals surface area contributed by atoms with Gasteiger partial charge in [-0.2, -0.15) is 0 Å². The summed E-state index contributed by atoms with van der Waals surface area (Å²) in [6, 6.07) is 20.0. The van der Waals surface area contributed by atoms with Crippen molar-refractivity contribution in [3.63, 3.8) is 0 Å². The second-order valence-electron chi connectivity index (χ2n) is 7.19. The van der Waals surface area contributed by atoms with E-state index in [1.165, 1.54) is 4.88 Å². The van der Waals surface area contributed by atoms with Crippen molar-refractivity contribution in [2.75, 3.05) is 7.11 Å². The van der Waals surface area contributed by atoms with Gasteiger partial charge in [-0.15, -0.1) is 11.3 Å². The number of rotatable bonds is 9. The van der Waals surface area contributed by atoms with Crippen LogP contribution in [0.2, 0.25) is 0 Å². The zero-order valence-corrected chi connectivity index (χ0v) is 17.9. The number of benzene rings is 2. The Hall–Kier alpha value is -2.79. The number of amides is 1. The van der Waals surface area contributed by atoms with Crippen molar-refractivity contribution in [2.45, 2.75) is 33.5 Å². The van der Waals surface area contributed by atoms with Gasteiger partial charge < -0.3 is 14.4 Å². The van der Waals surface area contributed by atoms with Crippen LogP contribution in [0, 0.1) is 5.92 Å². The van der Waals surface area contributed by atoms with Crippen LogP contribution in [-0.2, 0) is 24.5 Å². The number of carbonyl (C=O) groups excluding carboxylic acids is 1. The van der Waals surface area contributed by atoms with Gasteiger partial charge in [-0.25, -0.2) is 0 Å². The van der Waals surface area contributed by atoms with Gasteiger partial charge in [0.2, 0.25) is 5.91 Å². The quantitative estimate of drug-likeness (QED) is 0.467. The molecule has 0 spiro atoms. The smallest absolute Gasteiger partial charge is 0.225 e. The van der Waals surface area contributed by atoms with Crippen molar-refractivity contribution in [2.24, 2.45) is 5.92 Å². The lowest BCUT2D eigenvalue weighted by molar-refractivity contribution is -0.135. The van der Waals surface area contributed by atoms with Gasteiger partial charge in [0.05, 0.1) is 13.7 Å². The molecule has 0 fully saturated rings. The summed E-state index contributed by atoms with van der Waals surface area (Å²) in [5, 5.41) is 2.04. The summed E-state index contributed by atoms with van der Waals surface area (Å²) in [4.78, 5) is 15.8. The molecule has 0 aliphatic carbocycles. The molecule has 0 saturated heterocycles. The summed E-state index contributed by atoms with van der Waals surface area (Å²) >= 11 is 1.67. The number of thiophene rings is 1. The molecule has 1 heterocycles. The minimum absolute atomic E-state index is 0.0506. The van der Waals surface area contributed by atoms with Gasteiger partial charge in [0.25, 0.3) is 0 Å². The van der Waals surface area contributed by atoms with E-state index < -0.39 is 0 Å². The van der Waals surface area contributed by atoms with Crippen molar-refractivity contribution in [1.29, 1.82) is 0 Å². The van der Waals surface area contributed by atoms with E-state index in [-0.39, 0.29) is 11.8 Å². The minimum Gasteiger partial charge on any atom is -0.493 e. The van der Waals surface area contributed by atoms with Gasteiger partial charge in [0, 0.05) is 17.3 Å². The number of hydrogen-bond acceptors (Lipinski definition) is 4. The van der Waals surface area contributed by atoms with Crippen LogP contribution in [0.1, 0.15) is 29.9 Å². The van der Waals surface area contributed by atoms with Crippen molar-refractivity contribution < 1.29 is 14.3 Å². The van der Waals surface area contributed by atoms with Crippen molar-refractivity contribution in [3.05, 3.63) is 82.0 Å². The average Bonchev–Trinajstić information content (AvgIpc) is 3.25. The predicted molar refractivity (Wildman–Crippen MR) is 117 cm³/mol. The summed E-state index contributed by atoms with van der Waals surface area (Å²) < 4.78 is 11.5. The summed E-state index contributed by atoms with van der Waals surface area (Å²) in [7, 11) is 1.64. The van der Waals surface area contributed by atoms with Crippen molar-refractivity contribution in [1.82, 2.24) is 4.90 Å².